The van der Waals surface area contributed by atoms with Crippen LogP contribution in [-0.2, 0) is 19.7 Å². The first-order valence-corrected chi connectivity index (χ1v) is 14.6. The lowest BCUT2D eigenvalue weighted by atomic mass is 9.71. The van der Waals surface area contributed by atoms with Gasteiger partial charge in [0.15, 0.2) is 17.3 Å². The number of nitrogens with zero attached hydrogens (tertiary/aromatic N) is 1. The highest BCUT2D eigenvalue weighted by atomic mass is 35.5. The number of allylic oxidation sites excluding steroid dienone is 4. The Kier molecular flexibility index (Phi) is 6.98. The number of hydrogen-bond acceptors (Lipinski definition) is 6. The summed E-state index contributed by atoms with van der Waals surface area (Å²) in [6.07, 6.45) is 3.88. The van der Waals surface area contributed by atoms with Crippen LogP contribution in [-0.4, -0.2) is 31.4 Å². The molecule has 0 unspecified atom stereocenters. The van der Waals surface area contributed by atoms with E-state index in [1.807, 2.05) is 13.8 Å². The smallest absolute Gasteiger partial charge is 0.339 e. The first-order valence-electron chi connectivity index (χ1n) is 12.4. The van der Waals surface area contributed by atoms with Gasteiger partial charge < -0.3 is 9.08 Å². The molecule has 1 aliphatic heterocycles. The number of hydrogen-bond donors (Lipinski definition) is 0. The van der Waals surface area contributed by atoms with Crippen LogP contribution >= 0.6 is 23.2 Å². The van der Waals surface area contributed by atoms with E-state index in [9.17, 15) is 18.0 Å². The van der Waals surface area contributed by atoms with Crippen LogP contribution in [0, 0.1) is 6.92 Å². The van der Waals surface area contributed by atoms with Crippen molar-refractivity contribution >= 4 is 44.9 Å². The van der Waals surface area contributed by atoms with Gasteiger partial charge in [-0.15, -0.1) is 0 Å². The molecule has 2 aromatic rings. The van der Waals surface area contributed by atoms with Gasteiger partial charge >= 0.3 is 10.1 Å². The maximum Gasteiger partial charge on any atom is 0.339 e. The number of rotatable bonds is 5. The van der Waals surface area contributed by atoms with Crippen molar-refractivity contribution in [2.75, 3.05) is 6.54 Å². The minimum absolute atomic E-state index is 0.00748. The monoisotopic (exact) mass is 559 g/mol. The Morgan fingerprint density at radius 1 is 0.892 bits per heavy atom. The third-order valence-corrected chi connectivity index (χ3v) is 9.06. The highest BCUT2D eigenvalue weighted by molar-refractivity contribution is 7.87. The third-order valence-electron chi connectivity index (χ3n) is 7.26. The Labute approximate surface area is 227 Å². The summed E-state index contributed by atoms with van der Waals surface area (Å²) in [7, 11) is -4.18. The standard InChI is InChI=1S/C28H27Cl2NO5S/c1-3-31-21-6-4-8-23(32)26(21)25(27-22(31)7-5-9-24(27)33)17-14-19(29)28(20(30)15-17)36-37(34,35)18-12-10-16(2)11-13-18/h10-15,25H,3-9H2,1-2H3. The molecule has 0 saturated carbocycles. The number of aryl methyl sites for hydroxylation is 1. The molecule has 0 atom stereocenters. The molecule has 0 radical (unpaired) electrons. The van der Waals surface area contributed by atoms with Crippen LogP contribution in [0.4, 0.5) is 0 Å². The van der Waals surface area contributed by atoms with E-state index >= 15 is 0 Å². The first kappa shape index (κ1) is 26.0. The SMILES string of the molecule is CCN1C2=C(C(=O)CCC2)C(c2cc(Cl)c(OS(=O)(=O)c3ccc(C)cc3)c(Cl)c2)C2=C1CCCC2=O. The molecule has 0 N–H and O–H groups in total. The molecular weight excluding hydrogens is 533 g/mol. The van der Waals surface area contributed by atoms with E-state index < -0.39 is 16.0 Å². The van der Waals surface area contributed by atoms with Crippen LogP contribution in [0.2, 0.25) is 10.0 Å². The lowest BCUT2D eigenvalue weighted by Gasteiger charge is -2.43. The molecule has 0 amide bonds. The minimum Gasteiger partial charge on any atom is -0.376 e. The molecule has 194 valence electrons. The van der Waals surface area contributed by atoms with Gasteiger partial charge in [-0.25, -0.2) is 0 Å². The zero-order valence-corrected chi connectivity index (χ0v) is 23.0. The number of carbonyl (C=O) groups excluding carboxylic acids is 2. The largest absolute Gasteiger partial charge is 0.376 e. The van der Waals surface area contributed by atoms with Gasteiger partial charge in [-0.3, -0.25) is 9.59 Å². The lowest BCUT2D eigenvalue weighted by Crippen LogP contribution is -2.39. The Morgan fingerprint density at radius 3 is 1.89 bits per heavy atom. The Balaban J connectivity index is 1.61. The lowest BCUT2D eigenvalue weighted by molar-refractivity contribution is -0.117. The van der Waals surface area contributed by atoms with Crippen molar-refractivity contribution in [2.24, 2.45) is 0 Å². The number of halogens is 2. The normalized spacial score (nSPS) is 18.8. The van der Waals surface area contributed by atoms with Crippen LogP contribution in [0.25, 0.3) is 0 Å². The summed E-state index contributed by atoms with van der Waals surface area (Å²) in [4.78, 5) is 28.7. The van der Waals surface area contributed by atoms with Gasteiger partial charge in [0.1, 0.15) is 4.90 Å². The van der Waals surface area contributed by atoms with E-state index in [1.165, 1.54) is 12.1 Å². The van der Waals surface area contributed by atoms with Crippen molar-refractivity contribution in [1.29, 1.82) is 0 Å². The molecule has 3 aliphatic rings. The quantitative estimate of drug-likeness (QED) is 0.389. The summed E-state index contributed by atoms with van der Waals surface area (Å²) in [5.74, 6) is -0.744. The van der Waals surface area contributed by atoms with Gasteiger partial charge in [0.2, 0.25) is 0 Å². The summed E-state index contributed by atoms with van der Waals surface area (Å²) in [5, 5.41) is -0.0150. The molecule has 37 heavy (non-hydrogen) atoms. The highest BCUT2D eigenvalue weighted by Gasteiger charge is 2.43. The van der Waals surface area contributed by atoms with E-state index in [2.05, 4.69) is 4.90 Å². The molecule has 0 spiro atoms. The average molecular weight is 560 g/mol. The van der Waals surface area contributed by atoms with Crippen molar-refractivity contribution in [1.82, 2.24) is 4.90 Å². The van der Waals surface area contributed by atoms with Crippen molar-refractivity contribution in [2.45, 2.75) is 63.2 Å². The molecular formula is C28H27Cl2NO5S. The Bertz CT molecular complexity index is 1410. The van der Waals surface area contributed by atoms with Crippen molar-refractivity contribution < 1.29 is 22.2 Å². The van der Waals surface area contributed by atoms with Gasteiger partial charge in [-0.05, 0) is 69.4 Å². The molecule has 2 aromatic carbocycles. The first-order chi connectivity index (χ1) is 17.6. The summed E-state index contributed by atoms with van der Waals surface area (Å²) in [6.45, 7) is 4.56. The van der Waals surface area contributed by atoms with Crippen molar-refractivity contribution in [3.63, 3.8) is 0 Å². The highest BCUT2D eigenvalue weighted by Crippen LogP contribution is 2.50. The third kappa shape index (κ3) is 4.62. The molecule has 5 rings (SSSR count). The molecule has 0 bridgehead atoms. The van der Waals surface area contributed by atoms with Crippen LogP contribution in [0.3, 0.4) is 0 Å². The Morgan fingerprint density at radius 2 is 1.41 bits per heavy atom. The molecule has 2 aliphatic carbocycles. The predicted octanol–water partition coefficient (Wildman–Crippen LogP) is 6.50. The average Bonchev–Trinajstić information content (AvgIpc) is 2.85. The summed E-state index contributed by atoms with van der Waals surface area (Å²) in [5.41, 5.74) is 4.66. The second-order valence-electron chi connectivity index (χ2n) is 9.62. The van der Waals surface area contributed by atoms with Crippen LogP contribution < -0.4 is 4.18 Å². The van der Waals surface area contributed by atoms with Crippen LogP contribution in [0.15, 0.2) is 63.8 Å². The summed E-state index contributed by atoms with van der Waals surface area (Å²) < 4.78 is 31.1. The second-order valence-corrected chi connectivity index (χ2v) is 12.0. The predicted molar refractivity (Wildman–Crippen MR) is 142 cm³/mol. The molecule has 6 nitrogen and oxygen atoms in total. The number of carbonyl (C=O) groups is 2. The maximum atomic E-state index is 13.3. The fraction of sp³-hybridized carbons (Fsp3) is 0.357. The van der Waals surface area contributed by atoms with Crippen molar-refractivity contribution in [3.8, 4) is 5.75 Å². The Hall–Kier alpha value is -2.61. The van der Waals surface area contributed by atoms with E-state index in [-0.39, 0.29) is 32.3 Å². The van der Waals surface area contributed by atoms with Crippen LogP contribution in [0.1, 0.15) is 62.5 Å². The van der Waals surface area contributed by atoms with E-state index in [1.54, 1.807) is 24.3 Å². The van der Waals surface area contributed by atoms with E-state index in [4.69, 9.17) is 27.4 Å². The van der Waals surface area contributed by atoms with Gasteiger partial charge in [-0.1, -0.05) is 40.9 Å². The van der Waals surface area contributed by atoms with Gasteiger partial charge in [-0.2, -0.15) is 8.42 Å². The fourth-order valence-electron chi connectivity index (χ4n) is 5.62. The number of ketones is 2. The molecule has 0 aromatic heterocycles. The molecule has 9 heteroatoms. The minimum atomic E-state index is -4.18. The topological polar surface area (TPSA) is 80.8 Å². The molecule has 0 saturated heterocycles. The van der Waals surface area contributed by atoms with E-state index in [0.717, 1.165) is 42.6 Å². The zero-order chi connectivity index (χ0) is 26.5. The van der Waals surface area contributed by atoms with E-state index in [0.29, 0.717) is 36.1 Å². The molecule has 1 heterocycles. The van der Waals surface area contributed by atoms with Gasteiger partial charge in [0.25, 0.3) is 0 Å². The van der Waals surface area contributed by atoms with Gasteiger partial charge in [0, 0.05) is 47.8 Å². The van der Waals surface area contributed by atoms with Crippen molar-refractivity contribution in [3.05, 3.63) is 80.1 Å². The van der Waals surface area contributed by atoms with Crippen LogP contribution in [0.5, 0.6) is 5.75 Å². The number of Topliss-reactive ketones (excluding diaryl/α,β-unsaturated/α-hetero) is 2. The maximum absolute atomic E-state index is 13.3. The fourth-order valence-corrected chi connectivity index (χ4v) is 7.26. The summed E-state index contributed by atoms with van der Waals surface area (Å²) in [6, 6.07) is 9.38. The zero-order valence-electron chi connectivity index (χ0n) is 20.6. The van der Waals surface area contributed by atoms with Gasteiger partial charge in [0.05, 0.1) is 10.0 Å². The molecule has 0 fully saturated rings. The number of benzene rings is 2. The second kappa shape index (κ2) is 9.93. The summed E-state index contributed by atoms with van der Waals surface area (Å²) >= 11 is 13.1.